The second kappa shape index (κ2) is 6.83. The molecule has 19 heavy (non-hydrogen) atoms. The molecule has 104 valence electrons. The van der Waals surface area contributed by atoms with Crippen molar-refractivity contribution >= 4 is 11.4 Å². The van der Waals surface area contributed by atoms with E-state index in [1.54, 1.807) is 6.07 Å². The maximum atomic E-state index is 14.0. The molecule has 1 aromatic rings. The van der Waals surface area contributed by atoms with E-state index in [2.05, 4.69) is 6.07 Å². The molecule has 0 saturated heterocycles. The largest absolute Gasteiger partial charge is 0.495 e. The van der Waals surface area contributed by atoms with E-state index in [4.69, 9.17) is 15.7 Å². The van der Waals surface area contributed by atoms with Crippen LogP contribution in [0.5, 0.6) is 5.75 Å². The number of nitrogen functional groups attached to an aromatic ring is 1. The van der Waals surface area contributed by atoms with Gasteiger partial charge in [-0.25, -0.2) is 4.39 Å². The van der Waals surface area contributed by atoms with E-state index in [0.29, 0.717) is 36.9 Å². The molecule has 0 fully saturated rings. The van der Waals surface area contributed by atoms with Crippen LogP contribution in [0.25, 0.3) is 0 Å². The van der Waals surface area contributed by atoms with E-state index in [9.17, 15) is 4.39 Å². The number of ether oxygens (including phenoxy) is 1. The second-order valence-electron chi connectivity index (χ2n) is 4.79. The predicted molar refractivity (Wildman–Crippen MR) is 74.6 cm³/mol. The van der Waals surface area contributed by atoms with E-state index >= 15 is 0 Å². The van der Waals surface area contributed by atoms with Gasteiger partial charge < -0.3 is 15.4 Å². The Morgan fingerprint density at radius 1 is 1.47 bits per heavy atom. The SMILES string of the molecule is COc1cc(N(CCC#N)CC(C)C)c(F)cc1N. The van der Waals surface area contributed by atoms with Crippen molar-refractivity contribution in [3.8, 4) is 11.8 Å². The van der Waals surface area contributed by atoms with Crippen LogP contribution >= 0.6 is 0 Å². The average molecular weight is 265 g/mol. The number of anilines is 2. The molecule has 0 unspecified atom stereocenters. The third-order valence-corrected chi connectivity index (χ3v) is 2.72. The van der Waals surface area contributed by atoms with Gasteiger partial charge in [-0.05, 0) is 5.92 Å². The van der Waals surface area contributed by atoms with Gasteiger partial charge in [-0.1, -0.05) is 13.8 Å². The van der Waals surface area contributed by atoms with Crippen LogP contribution in [0.3, 0.4) is 0 Å². The quantitative estimate of drug-likeness (QED) is 0.803. The summed E-state index contributed by atoms with van der Waals surface area (Å²) in [6.07, 6.45) is 0.346. The topological polar surface area (TPSA) is 62.3 Å². The minimum Gasteiger partial charge on any atom is -0.495 e. The summed E-state index contributed by atoms with van der Waals surface area (Å²) in [5.41, 5.74) is 6.36. The molecular weight excluding hydrogens is 245 g/mol. The van der Waals surface area contributed by atoms with E-state index in [0.717, 1.165) is 0 Å². The Bertz CT molecular complexity index is 468. The van der Waals surface area contributed by atoms with Gasteiger partial charge in [0.15, 0.2) is 0 Å². The summed E-state index contributed by atoms with van der Waals surface area (Å²) in [5.74, 6) is 0.417. The lowest BCUT2D eigenvalue weighted by molar-refractivity contribution is 0.415. The highest BCUT2D eigenvalue weighted by Crippen LogP contribution is 2.31. The number of nitriles is 1. The van der Waals surface area contributed by atoms with Gasteiger partial charge in [-0.15, -0.1) is 0 Å². The molecule has 0 heterocycles. The average Bonchev–Trinajstić information content (AvgIpc) is 2.34. The summed E-state index contributed by atoms with van der Waals surface area (Å²) < 4.78 is 19.2. The maximum absolute atomic E-state index is 14.0. The molecule has 0 saturated carbocycles. The first-order valence-electron chi connectivity index (χ1n) is 6.24. The van der Waals surface area contributed by atoms with Crippen molar-refractivity contribution in [2.45, 2.75) is 20.3 Å². The molecular formula is C14H20FN3O. The third-order valence-electron chi connectivity index (χ3n) is 2.72. The molecule has 1 rings (SSSR count). The molecule has 5 heteroatoms. The molecule has 0 aliphatic carbocycles. The third kappa shape index (κ3) is 4.02. The summed E-state index contributed by atoms with van der Waals surface area (Å²) in [6.45, 7) is 5.25. The van der Waals surface area contributed by atoms with Crippen LogP contribution in [0.1, 0.15) is 20.3 Å². The highest BCUT2D eigenvalue weighted by Gasteiger charge is 2.16. The van der Waals surface area contributed by atoms with Crippen LogP contribution in [0.4, 0.5) is 15.8 Å². The van der Waals surface area contributed by atoms with Crippen LogP contribution in [0.2, 0.25) is 0 Å². The molecule has 2 N–H and O–H groups in total. The van der Waals surface area contributed by atoms with Gasteiger partial charge in [0.05, 0.1) is 31.0 Å². The van der Waals surface area contributed by atoms with Crippen LogP contribution in [-0.2, 0) is 0 Å². The van der Waals surface area contributed by atoms with Crippen LogP contribution < -0.4 is 15.4 Å². The van der Waals surface area contributed by atoms with Gasteiger partial charge in [-0.3, -0.25) is 0 Å². The van der Waals surface area contributed by atoms with Crippen molar-refractivity contribution in [2.75, 3.05) is 30.8 Å². The zero-order chi connectivity index (χ0) is 14.4. The van der Waals surface area contributed by atoms with Gasteiger partial charge >= 0.3 is 0 Å². The maximum Gasteiger partial charge on any atom is 0.148 e. The molecule has 1 aromatic carbocycles. The number of nitrogens with two attached hydrogens (primary N) is 1. The Kier molecular flexibility index (Phi) is 5.43. The van der Waals surface area contributed by atoms with E-state index in [1.807, 2.05) is 18.7 Å². The molecule has 0 amide bonds. The highest BCUT2D eigenvalue weighted by atomic mass is 19.1. The zero-order valence-corrected chi connectivity index (χ0v) is 11.6. The Morgan fingerprint density at radius 2 is 2.16 bits per heavy atom. The molecule has 0 atom stereocenters. The summed E-state index contributed by atoms with van der Waals surface area (Å²) in [6, 6.07) is 4.93. The lowest BCUT2D eigenvalue weighted by Crippen LogP contribution is -2.29. The van der Waals surface area contributed by atoms with E-state index in [1.165, 1.54) is 13.2 Å². The predicted octanol–water partition coefficient (Wildman–Crippen LogP) is 2.79. The van der Waals surface area contributed by atoms with Gasteiger partial charge in [-0.2, -0.15) is 5.26 Å². The first kappa shape index (κ1) is 15.1. The molecule has 0 spiro atoms. The molecule has 0 bridgehead atoms. The molecule has 0 radical (unpaired) electrons. The molecule has 0 aliphatic heterocycles. The number of hydrogen-bond donors (Lipinski definition) is 1. The zero-order valence-electron chi connectivity index (χ0n) is 11.6. The summed E-state index contributed by atoms with van der Waals surface area (Å²) in [4.78, 5) is 1.85. The Balaban J connectivity index is 3.10. The lowest BCUT2D eigenvalue weighted by atomic mass is 10.1. The number of hydrogen-bond acceptors (Lipinski definition) is 4. The normalized spacial score (nSPS) is 10.3. The number of halogens is 1. The van der Waals surface area contributed by atoms with Crippen molar-refractivity contribution in [2.24, 2.45) is 5.92 Å². The Hall–Kier alpha value is -1.96. The summed E-state index contributed by atoms with van der Waals surface area (Å²) in [5, 5.41) is 8.70. The fourth-order valence-corrected chi connectivity index (χ4v) is 1.91. The van der Waals surface area contributed by atoms with E-state index in [-0.39, 0.29) is 5.69 Å². The van der Waals surface area contributed by atoms with Crippen molar-refractivity contribution < 1.29 is 9.13 Å². The number of nitrogens with zero attached hydrogens (tertiary/aromatic N) is 2. The highest BCUT2D eigenvalue weighted by molar-refractivity contribution is 5.63. The van der Waals surface area contributed by atoms with Crippen molar-refractivity contribution in [1.29, 1.82) is 5.26 Å². The Labute approximate surface area is 113 Å². The van der Waals surface area contributed by atoms with Crippen molar-refractivity contribution in [3.05, 3.63) is 17.9 Å². The van der Waals surface area contributed by atoms with Crippen molar-refractivity contribution in [3.63, 3.8) is 0 Å². The lowest BCUT2D eigenvalue weighted by Gasteiger charge is -2.26. The monoisotopic (exact) mass is 265 g/mol. The van der Waals surface area contributed by atoms with Gasteiger partial charge in [0.2, 0.25) is 0 Å². The fourth-order valence-electron chi connectivity index (χ4n) is 1.91. The standard InChI is InChI=1S/C14H20FN3O/c1-10(2)9-18(6-4-5-16)13-8-14(19-3)12(17)7-11(13)15/h7-8,10H,4,6,9,17H2,1-3H3. The second-order valence-corrected chi connectivity index (χ2v) is 4.79. The molecule has 0 aliphatic rings. The first-order chi connectivity index (χ1) is 8.99. The minimum atomic E-state index is -0.392. The summed E-state index contributed by atoms with van der Waals surface area (Å²) in [7, 11) is 1.50. The van der Waals surface area contributed by atoms with Gasteiger partial charge in [0.1, 0.15) is 11.6 Å². The minimum absolute atomic E-state index is 0.272. The molecule has 0 aromatic heterocycles. The molecule has 4 nitrogen and oxygen atoms in total. The van der Waals surface area contributed by atoms with E-state index < -0.39 is 5.82 Å². The Morgan fingerprint density at radius 3 is 2.68 bits per heavy atom. The van der Waals surface area contributed by atoms with Crippen LogP contribution in [0, 0.1) is 23.1 Å². The van der Waals surface area contributed by atoms with Gasteiger partial charge in [0, 0.05) is 25.2 Å². The number of benzene rings is 1. The number of rotatable bonds is 6. The van der Waals surface area contributed by atoms with Crippen LogP contribution in [0.15, 0.2) is 12.1 Å². The first-order valence-corrected chi connectivity index (χ1v) is 6.24. The number of methoxy groups -OCH3 is 1. The summed E-state index contributed by atoms with van der Waals surface area (Å²) >= 11 is 0. The smallest absolute Gasteiger partial charge is 0.148 e. The van der Waals surface area contributed by atoms with Gasteiger partial charge in [0.25, 0.3) is 0 Å². The fraction of sp³-hybridized carbons (Fsp3) is 0.500. The van der Waals surface area contributed by atoms with Crippen LogP contribution in [-0.4, -0.2) is 20.2 Å². The van der Waals surface area contributed by atoms with Crippen molar-refractivity contribution in [1.82, 2.24) is 0 Å².